The average molecular weight is 282 g/mol. The third kappa shape index (κ3) is 3.75. The Hall–Kier alpha value is -1.52. The Morgan fingerprint density at radius 1 is 1.28 bits per heavy atom. The SMILES string of the molecule is O=C(NCc1ccsc1Cl)OCc1ccccc1. The summed E-state index contributed by atoms with van der Waals surface area (Å²) in [4.78, 5) is 11.4. The molecule has 0 aliphatic carbocycles. The zero-order valence-corrected chi connectivity index (χ0v) is 11.1. The Labute approximate surface area is 114 Å². The number of halogens is 1. The molecule has 1 aromatic carbocycles. The first-order chi connectivity index (χ1) is 8.75. The average Bonchev–Trinajstić information content (AvgIpc) is 2.81. The van der Waals surface area contributed by atoms with Crippen molar-refractivity contribution in [3.8, 4) is 0 Å². The number of rotatable bonds is 4. The molecule has 18 heavy (non-hydrogen) atoms. The summed E-state index contributed by atoms with van der Waals surface area (Å²) < 4.78 is 5.77. The van der Waals surface area contributed by atoms with Crippen LogP contribution in [0.4, 0.5) is 4.79 Å². The van der Waals surface area contributed by atoms with Gasteiger partial charge < -0.3 is 10.1 Å². The molecule has 2 aromatic rings. The maximum Gasteiger partial charge on any atom is 0.407 e. The smallest absolute Gasteiger partial charge is 0.407 e. The van der Waals surface area contributed by atoms with Gasteiger partial charge in [0.25, 0.3) is 0 Å². The van der Waals surface area contributed by atoms with Crippen LogP contribution in [-0.4, -0.2) is 6.09 Å². The van der Waals surface area contributed by atoms with Crippen LogP contribution in [0.5, 0.6) is 0 Å². The van der Waals surface area contributed by atoms with Crippen LogP contribution in [-0.2, 0) is 17.9 Å². The van der Waals surface area contributed by atoms with Crippen molar-refractivity contribution < 1.29 is 9.53 Å². The lowest BCUT2D eigenvalue weighted by molar-refractivity contribution is 0.139. The van der Waals surface area contributed by atoms with E-state index >= 15 is 0 Å². The minimum absolute atomic E-state index is 0.268. The van der Waals surface area contributed by atoms with E-state index in [0.29, 0.717) is 10.9 Å². The van der Waals surface area contributed by atoms with Gasteiger partial charge in [0, 0.05) is 12.1 Å². The van der Waals surface area contributed by atoms with E-state index in [0.717, 1.165) is 11.1 Å². The van der Waals surface area contributed by atoms with Crippen LogP contribution < -0.4 is 5.32 Å². The second-order valence-electron chi connectivity index (χ2n) is 3.63. The van der Waals surface area contributed by atoms with Crippen molar-refractivity contribution in [1.82, 2.24) is 5.32 Å². The molecule has 0 fully saturated rings. The number of hydrogen-bond donors (Lipinski definition) is 1. The highest BCUT2D eigenvalue weighted by molar-refractivity contribution is 7.14. The molecular formula is C13H12ClNO2S. The van der Waals surface area contributed by atoms with Gasteiger partial charge in [-0.3, -0.25) is 0 Å². The highest BCUT2D eigenvalue weighted by Gasteiger charge is 2.05. The Kier molecular flexibility index (Phi) is 4.61. The zero-order valence-electron chi connectivity index (χ0n) is 9.56. The van der Waals surface area contributed by atoms with E-state index < -0.39 is 6.09 Å². The Bertz CT molecular complexity index is 513. The van der Waals surface area contributed by atoms with Gasteiger partial charge in [-0.05, 0) is 17.0 Å². The Morgan fingerprint density at radius 2 is 2.06 bits per heavy atom. The number of alkyl carbamates (subject to hydrolysis) is 1. The third-order valence-corrected chi connectivity index (χ3v) is 3.58. The number of ether oxygens (including phenoxy) is 1. The number of thiophene rings is 1. The van der Waals surface area contributed by atoms with Crippen LogP contribution in [0.15, 0.2) is 41.8 Å². The van der Waals surface area contributed by atoms with Gasteiger partial charge in [0.1, 0.15) is 6.61 Å². The van der Waals surface area contributed by atoms with Crippen molar-refractivity contribution >= 4 is 29.0 Å². The van der Waals surface area contributed by atoms with Crippen molar-refractivity contribution in [3.05, 3.63) is 57.2 Å². The molecule has 3 nitrogen and oxygen atoms in total. The van der Waals surface area contributed by atoms with E-state index in [4.69, 9.17) is 16.3 Å². The van der Waals surface area contributed by atoms with Crippen LogP contribution in [0, 0.1) is 0 Å². The van der Waals surface area contributed by atoms with E-state index in [-0.39, 0.29) is 6.61 Å². The number of amides is 1. The van der Waals surface area contributed by atoms with Gasteiger partial charge in [0.15, 0.2) is 0 Å². The fourth-order valence-corrected chi connectivity index (χ4v) is 2.31. The van der Waals surface area contributed by atoms with E-state index in [1.807, 2.05) is 41.8 Å². The molecule has 94 valence electrons. The second-order valence-corrected chi connectivity index (χ2v) is 5.15. The molecule has 0 saturated heterocycles. The van der Waals surface area contributed by atoms with E-state index in [9.17, 15) is 4.79 Å². The molecule has 0 unspecified atom stereocenters. The van der Waals surface area contributed by atoms with Gasteiger partial charge in [0.2, 0.25) is 0 Å². The molecule has 0 spiro atoms. The topological polar surface area (TPSA) is 38.3 Å². The lowest BCUT2D eigenvalue weighted by Crippen LogP contribution is -2.23. The summed E-state index contributed by atoms with van der Waals surface area (Å²) in [6.45, 7) is 0.653. The van der Waals surface area contributed by atoms with Crippen LogP contribution in [0.3, 0.4) is 0 Å². The molecular weight excluding hydrogens is 270 g/mol. The summed E-state index contributed by atoms with van der Waals surface area (Å²) in [7, 11) is 0. The Balaban J connectivity index is 1.75. The van der Waals surface area contributed by atoms with Gasteiger partial charge in [-0.2, -0.15) is 0 Å². The first-order valence-corrected chi connectivity index (χ1v) is 6.68. The summed E-state index contributed by atoms with van der Waals surface area (Å²) in [5, 5.41) is 4.54. The first kappa shape index (κ1) is 12.9. The van der Waals surface area contributed by atoms with E-state index in [1.165, 1.54) is 11.3 Å². The molecule has 1 aromatic heterocycles. The number of benzene rings is 1. The first-order valence-electron chi connectivity index (χ1n) is 5.42. The highest BCUT2D eigenvalue weighted by atomic mass is 35.5. The lowest BCUT2D eigenvalue weighted by atomic mass is 10.2. The maximum atomic E-state index is 11.4. The van der Waals surface area contributed by atoms with Gasteiger partial charge in [-0.25, -0.2) is 4.79 Å². The summed E-state index contributed by atoms with van der Waals surface area (Å²) in [5.41, 5.74) is 1.86. The molecule has 0 aliphatic rings. The monoisotopic (exact) mass is 281 g/mol. The van der Waals surface area contributed by atoms with Gasteiger partial charge >= 0.3 is 6.09 Å². The Morgan fingerprint density at radius 3 is 2.72 bits per heavy atom. The fraction of sp³-hybridized carbons (Fsp3) is 0.154. The molecule has 0 bridgehead atoms. The van der Waals surface area contributed by atoms with Crippen molar-refractivity contribution in [3.63, 3.8) is 0 Å². The number of hydrogen-bond acceptors (Lipinski definition) is 3. The summed E-state index contributed by atoms with van der Waals surface area (Å²) in [5.74, 6) is 0. The summed E-state index contributed by atoms with van der Waals surface area (Å²) in [6.07, 6.45) is -0.443. The van der Waals surface area contributed by atoms with Crippen molar-refractivity contribution in [2.45, 2.75) is 13.2 Å². The minimum Gasteiger partial charge on any atom is -0.445 e. The third-order valence-electron chi connectivity index (χ3n) is 2.33. The fourth-order valence-electron chi connectivity index (χ4n) is 1.39. The van der Waals surface area contributed by atoms with Crippen LogP contribution >= 0.6 is 22.9 Å². The van der Waals surface area contributed by atoms with E-state index in [2.05, 4.69) is 5.32 Å². The molecule has 1 N–H and O–H groups in total. The molecule has 0 aliphatic heterocycles. The van der Waals surface area contributed by atoms with E-state index in [1.54, 1.807) is 0 Å². The molecule has 1 heterocycles. The molecule has 1 amide bonds. The molecule has 2 rings (SSSR count). The van der Waals surface area contributed by atoms with Gasteiger partial charge in [0.05, 0.1) is 4.34 Å². The number of carbonyl (C=O) groups excluding carboxylic acids is 1. The van der Waals surface area contributed by atoms with Crippen molar-refractivity contribution in [2.75, 3.05) is 0 Å². The quantitative estimate of drug-likeness (QED) is 0.925. The molecule has 0 radical (unpaired) electrons. The van der Waals surface area contributed by atoms with Crippen LogP contribution in [0.2, 0.25) is 4.34 Å². The normalized spacial score (nSPS) is 10.1. The lowest BCUT2D eigenvalue weighted by Gasteiger charge is -2.06. The predicted octanol–water partition coefficient (Wildman–Crippen LogP) is 3.83. The minimum atomic E-state index is -0.443. The van der Waals surface area contributed by atoms with Gasteiger partial charge in [-0.1, -0.05) is 41.9 Å². The highest BCUT2D eigenvalue weighted by Crippen LogP contribution is 2.22. The van der Waals surface area contributed by atoms with Crippen LogP contribution in [0.1, 0.15) is 11.1 Å². The second kappa shape index (κ2) is 6.42. The predicted molar refractivity (Wildman–Crippen MR) is 72.8 cm³/mol. The van der Waals surface area contributed by atoms with Gasteiger partial charge in [-0.15, -0.1) is 11.3 Å². The number of carbonyl (C=O) groups is 1. The standard InChI is InChI=1S/C13H12ClNO2S/c14-12-11(6-7-18-12)8-15-13(16)17-9-10-4-2-1-3-5-10/h1-7H,8-9H2,(H,15,16). The maximum absolute atomic E-state index is 11.4. The van der Waals surface area contributed by atoms with Crippen LogP contribution in [0.25, 0.3) is 0 Å². The van der Waals surface area contributed by atoms with Crippen molar-refractivity contribution in [2.24, 2.45) is 0 Å². The molecule has 5 heteroatoms. The zero-order chi connectivity index (χ0) is 12.8. The molecule has 0 atom stereocenters. The number of nitrogens with one attached hydrogen (secondary N) is 1. The largest absolute Gasteiger partial charge is 0.445 e. The summed E-state index contributed by atoms with van der Waals surface area (Å²) in [6, 6.07) is 11.4. The van der Waals surface area contributed by atoms with Crippen molar-refractivity contribution in [1.29, 1.82) is 0 Å². The summed E-state index contributed by atoms with van der Waals surface area (Å²) >= 11 is 7.36. The molecule has 0 saturated carbocycles.